The van der Waals surface area contributed by atoms with Gasteiger partial charge in [-0.3, -0.25) is 4.79 Å². The Hall–Kier alpha value is -1.06. The van der Waals surface area contributed by atoms with Gasteiger partial charge in [-0.05, 0) is 43.4 Å². The predicted octanol–water partition coefficient (Wildman–Crippen LogP) is 2.18. The van der Waals surface area contributed by atoms with Gasteiger partial charge in [0.1, 0.15) is 6.04 Å². The topological polar surface area (TPSA) is 66.4 Å². The summed E-state index contributed by atoms with van der Waals surface area (Å²) in [7, 11) is 0. The summed E-state index contributed by atoms with van der Waals surface area (Å²) in [4.78, 5) is 23.3. The maximum atomic E-state index is 12.2. The molecule has 0 spiro atoms. The summed E-state index contributed by atoms with van der Waals surface area (Å²) in [6.07, 6.45) is 5.83. The zero-order valence-electron chi connectivity index (χ0n) is 11.2. The molecule has 2 atom stereocenters. The van der Waals surface area contributed by atoms with Gasteiger partial charge in [0, 0.05) is 5.92 Å². The molecule has 18 heavy (non-hydrogen) atoms. The van der Waals surface area contributed by atoms with Crippen LogP contribution in [0.2, 0.25) is 0 Å². The molecule has 102 valence electrons. The summed E-state index contributed by atoms with van der Waals surface area (Å²) in [6, 6.07) is -0.664. The number of carboxylic acids is 1. The van der Waals surface area contributed by atoms with Crippen molar-refractivity contribution in [1.82, 2.24) is 5.32 Å². The Morgan fingerprint density at radius 3 is 2.44 bits per heavy atom. The van der Waals surface area contributed by atoms with E-state index in [1.165, 1.54) is 0 Å². The average Bonchev–Trinajstić information content (AvgIpc) is 3.07. The van der Waals surface area contributed by atoms with Gasteiger partial charge in [-0.2, -0.15) is 0 Å². The van der Waals surface area contributed by atoms with Gasteiger partial charge >= 0.3 is 5.97 Å². The fraction of sp³-hybridized carbons (Fsp3) is 0.857. The van der Waals surface area contributed by atoms with Crippen LogP contribution in [0.1, 0.15) is 52.4 Å². The Morgan fingerprint density at radius 2 is 1.94 bits per heavy atom. The number of nitrogens with one attached hydrogen (secondary N) is 1. The second-order valence-corrected chi connectivity index (χ2v) is 6.62. The van der Waals surface area contributed by atoms with E-state index in [1.54, 1.807) is 0 Å². The van der Waals surface area contributed by atoms with Gasteiger partial charge in [0.05, 0.1) is 0 Å². The minimum atomic E-state index is -0.888. The Balaban J connectivity index is 1.92. The number of hydrogen-bond donors (Lipinski definition) is 2. The summed E-state index contributed by atoms with van der Waals surface area (Å²) in [5.74, 6) is -0.791. The Bertz CT molecular complexity index is 347. The largest absolute Gasteiger partial charge is 0.480 e. The summed E-state index contributed by atoms with van der Waals surface area (Å²) in [6.45, 7) is 4.37. The normalized spacial score (nSPS) is 28.4. The fourth-order valence-electron chi connectivity index (χ4n) is 3.00. The van der Waals surface area contributed by atoms with Crippen molar-refractivity contribution in [1.29, 1.82) is 0 Å². The molecule has 0 saturated heterocycles. The van der Waals surface area contributed by atoms with Crippen molar-refractivity contribution in [3.8, 4) is 0 Å². The SMILES string of the molecule is CC1(C)CCCC(C(=O)NC(C(=O)O)C2CC2)C1. The molecule has 0 radical (unpaired) electrons. The maximum absolute atomic E-state index is 12.2. The van der Waals surface area contributed by atoms with Crippen LogP contribution in [0.25, 0.3) is 0 Å². The van der Waals surface area contributed by atoms with E-state index in [9.17, 15) is 9.59 Å². The summed E-state index contributed by atoms with van der Waals surface area (Å²) in [5.41, 5.74) is 0.207. The van der Waals surface area contributed by atoms with Gasteiger partial charge in [0.2, 0.25) is 5.91 Å². The van der Waals surface area contributed by atoms with E-state index < -0.39 is 12.0 Å². The Morgan fingerprint density at radius 1 is 1.28 bits per heavy atom. The molecule has 2 aliphatic carbocycles. The number of hydrogen-bond acceptors (Lipinski definition) is 2. The van der Waals surface area contributed by atoms with Crippen molar-refractivity contribution in [2.75, 3.05) is 0 Å². The first kappa shape index (κ1) is 13.4. The molecule has 0 bridgehead atoms. The molecular weight excluding hydrogens is 230 g/mol. The van der Waals surface area contributed by atoms with Crippen molar-refractivity contribution in [2.45, 2.75) is 58.4 Å². The minimum Gasteiger partial charge on any atom is -0.480 e. The van der Waals surface area contributed by atoms with Crippen LogP contribution in [-0.2, 0) is 9.59 Å². The smallest absolute Gasteiger partial charge is 0.326 e. The third-order valence-electron chi connectivity index (χ3n) is 4.23. The van der Waals surface area contributed by atoms with E-state index in [4.69, 9.17) is 5.11 Å². The lowest BCUT2D eigenvalue weighted by molar-refractivity contribution is -0.143. The maximum Gasteiger partial charge on any atom is 0.326 e. The molecule has 0 aromatic carbocycles. The van der Waals surface area contributed by atoms with Crippen LogP contribution in [0.3, 0.4) is 0 Å². The zero-order valence-corrected chi connectivity index (χ0v) is 11.2. The summed E-state index contributed by atoms with van der Waals surface area (Å²) in [5, 5.41) is 11.9. The van der Waals surface area contributed by atoms with Crippen molar-refractivity contribution < 1.29 is 14.7 Å². The third kappa shape index (κ3) is 3.24. The van der Waals surface area contributed by atoms with Gasteiger partial charge < -0.3 is 10.4 Å². The molecule has 2 unspecified atom stereocenters. The molecule has 2 N–H and O–H groups in total. The quantitative estimate of drug-likeness (QED) is 0.807. The van der Waals surface area contributed by atoms with Gasteiger partial charge in [0.25, 0.3) is 0 Å². The number of carbonyl (C=O) groups excluding carboxylic acids is 1. The number of amides is 1. The van der Waals surface area contributed by atoms with Gasteiger partial charge in [-0.15, -0.1) is 0 Å². The van der Waals surface area contributed by atoms with Gasteiger partial charge in [-0.1, -0.05) is 20.3 Å². The summed E-state index contributed by atoms with van der Waals surface area (Å²) < 4.78 is 0. The van der Waals surface area contributed by atoms with Crippen LogP contribution in [0, 0.1) is 17.3 Å². The van der Waals surface area contributed by atoms with E-state index in [-0.39, 0.29) is 23.2 Å². The first-order valence-corrected chi connectivity index (χ1v) is 6.92. The number of rotatable bonds is 4. The second kappa shape index (κ2) is 4.90. The molecule has 0 aromatic rings. The molecule has 0 heterocycles. The number of carbonyl (C=O) groups is 2. The standard InChI is InChI=1S/C14H23NO3/c1-14(2)7-3-4-10(8-14)12(16)15-11(13(17)18)9-5-6-9/h9-11H,3-8H2,1-2H3,(H,15,16)(H,17,18). The van der Waals surface area contributed by atoms with Crippen LogP contribution >= 0.6 is 0 Å². The Kier molecular flexibility index (Phi) is 3.64. The number of aliphatic carboxylic acids is 1. The second-order valence-electron chi connectivity index (χ2n) is 6.62. The molecule has 2 fully saturated rings. The van der Waals surface area contributed by atoms with Crippen molar-refractivity contribution in [2.24, 2.45) is 17.3 Å². The molecule has 1 amide bonds. The first-order chi connectivity index (χ1) is 8.39. The molecule has 4 heteroatoms. The van der Waals surface area contributed by atoms with E-state index in [0.717, 1.165) is 38.5 Å². The molecule has 4 nitrogen and oxygen atoms in total. The van der Waals surface area contributed by atoms with Gasteiger partial charge in [-0.25, -0.2) is 4.79 Å². The molecule has 2 aliphatic rings. The van der Waals surface area contributed by atoms with Crippen LogP contribution in [0.4, 0.5) is 0 Å². The van der Waals surface area contributed by atoms with Crippen LogP contribution in [0.15, 0.2) is 0 Å². The summed E-state index contributed by atoms with van der Waals surface area (Å²) >= 11 is 0. The zero-order chi connectivity index (χ0) is 13.3. The number of carboxylic acid groups (broad SMARTS) is 1. The Labute approximate surface area is 108 Å². The molecule has 2 rings (SSSR count). The molecule has 2 saturated carbocycles. The minimum absolute atomic E-state index is 0.00523. The van der Waals surface area contributed by atoms with Crippen LogP contribution in [0.5, 0.6) is 0 Å². The van der Waals surface area contributed by atoms with E-state index in [2.05, 4.69) is 19.2 Å². The van der Waals surface area contributed by atoms with Crippen molar-refractivity contribution in [3.05, 3.63) is 0 Å². The fourth-order valence-corrected chi connectivity index (χ4v) is 3.00. The highest BCUT2D eigenvalue weighted by Crippen LogP contribution is 2.39. The molecule has 0 aromatic heterocycles. The monoisotopic (exact) mass is 253 g/mol. The molecular formula is C14H23NO3. The average molecular weight is 253 g/mol. The van der Waals surface area contributed by atoms with Crippen LogP contribution < -0.4 is 5.32 Å². The van der Waals surface area contributed by atoms with Crippen molar-refractivity contribution >= 4 is 11.9 Å². The lowest BCUT2D eigenvalue weighted by Crippen LogP contribution is -2.46. The highest BCUT2D eigenvalue weighted by atomic mass is 16.4. The lowest BCUT2D eigenvalue weighted by Gasteiger charge is -2.34. The lowest BCUT2D eigenvalue weighted by atomic mass is 9.72. The van der Waals surface area contributed by atoms with Crippen molar-refractivity contribution in [3.63, 3.8) is 0 Å². The highest BCUT2D eigenvalue weighted by Gasteiger charge is 2.39. The first-order valence-electron chi connectivity index (χ1n) is 6.92. The van der Waals surface area contributed by atoms with Gasteiger partial charge in [0.15, 0.2) is 0 Å². The van der Waals surface area contributed by atoms with Crippen LogP contribution in [-0.4, -0.2) is 23.0 Å². The third-order valence-corrected chi connectivity index (χ3v) is 4.23. The van der Waals surface area contributed by atoms with E-state index in [0.29, 0.717) is 0 Å². The van der Waals surface area contributed by atoms with E-state index in [1.807, 2.05) is 0 Å². The highest BCUT2D eigenvalue weighted by molar-refractivity contribution is 5.85. The predicted molar refractivity (Wildman–Crippen MR) is 68.0 cm³/mol. The molecule has 0 aliphatic heterocycles. The van der Waals surface area contributed by atoms with E-state index >= 15 is 0 Å².